The summed E-state index contributed by atoms with van der Waals surface area (Å²) < 4.78 is 22.5. The van der Waals surface area contributed by atoms with Crippen molar-refractivity contribution in [2.75, 3.05) is 12.4 Å². The van der Waals surface area contributed by atoms with Crippen molar-refractivity contribution < 1.29 is 13.9 Å². The minimum Gasteiger partial charge on any atom is -0.368 e. The number of carbonyl (C=O) groups excluding carboxylic acids is 1. The van der Waals surface area contributed by atoms with E-state index < -0.39 is 17.5 Å². The summed E-state index contributed by atoms with van der Waals surface area (Å²) in [6.07, 6.45) is 11.7. The smallest absolute Gasteiger partial charge is 0.252 e. The molecule has 2 fully saturated rings. The molecule has 0 aliphatic heterocycles. The van der Waals surface area contributed by atoms with E-state index in [2.05, 4.69) is 41.0 Å². The molecule has 7 rings (SSSR count). The average Bonchev–Trinajstić information content (AvgIpc) is 3.41. The molecule has 5 aromatic rings. The van der Waals surface area contributed by atoms with Crippen LogP contribution in [0.2, 0.25) is 0 Å². The minimum atomic E-state index is -0.988. The third-order valence-corrected chi connectivity index (χ3v) is 8.51. The van der Waals surface area contributed by atoms with E-state index in [4.69, 9.17) is 14.7 Å². The van der Waals surface area contributed by atoms with Gasteiger partial charge in [-0.25, -0.2) is 28.7 Å². The number of aryl methyl sites for hydroxylation is 1. The lowest BCUT2D eigenvalue weighted by molar-refractivity contribution is -0.148. The van der Waals surface area contributed by atoms with E-state index in [-0.39, 0.29) is 11.8 Å². The van der Waals surface area contributed by atoms with Gasteiger partial charge in [-0.2, -0.15) is 15.3 Å². The molecule has 2 aliphatic carbocycles. The summed E-state index contributed by atoms with van der Waals surface area (Å²) >= 11 is 0. The largest absolute Gasteiger partial charge is 0.368 e. The van der Waals surface area contributed by atoms with Gasteiger partial charge in [-0.05, 0) is 52.4 Å². The van der Waals surface area contributed by atoms with Crippen molar-refractivity contribution in [3.05, 3.63) is 60.1 Å². The molecule has 0 radical (unpaired) electrons. The number of aromatic nitrogens is 10. The maximum absolute atomic E-state index is 13.6. The molecule has 2 saturated carbocycles. The van der Waals surface area contributed by atoms with Crippen LogP contribution >= 0.6 is 0 Å². The first-order valence-electron chi connectivity index (χ1n) is 14.7. The molecule has 44 heavy (non-hydrogen) atoms. The number of aromatic amines is 1. The number of halogens is 1. The maximum Gasteiger partial charge on any atom is 0.252 e. The SMILES string of the molecule is CO[C@]1(C(=O)N[C@@H](C)c2cnc(-n3cc(F)cn3)cn2)CC[C@H](c2nc(Nc3cc(C)[nH]n3)c3cnn(C4CC4)c3n2)CC1. The molecule has 1 atom stereocenters. The first-order valence-corrected chi connectivity index (χ1v) is 14.7. The molecule has 5 heterocycles. The van der Waals surface area contributed by atoms with E-state index in [0.29, 0.717) is 54.9 Å². The van der Waals surface area contributed by atoms with Crippen molar-refractivity contribution >= 4 is 28.6 Å². The van der Waals surface area contributed by atoms with Crippen LogP contribution in [0.1, 0.15) is 80.7 Å². The second kappa shape index (κ2) is 11.0. The Morgan fingerprint density at radius 2 is 1.93 bits per heavy atom. The maximum atomic E-state index is 13.6. The minimum absolute atomic E-state index is 0.0439. The fourth-order valence-corrected chi connectivity index (χ4v) is 5.78. The quantitative estimate of drug-likeness (QED) is 0.225. The number of H-pyrrole nitrogens is 1. The highest BCUT2D eigenvalue weighted by Crippen LogP contribution is 2.42. The van der Waals surface area contributed by atoms with E-state index >= 15 is 0 Å². The Labute approximate surface area is 251 Å². The molecule has 3 N–H and O–H groups in total. The predicted molar refractivity (Wildman–Crippen MR) is 157 cm³/mol. The number of amides is 1. The number of methoxy groups -OCH3 is 1. The van der Waals surface area contributed by atoms with Crippen molar-refractivity contribution in [1.29, 1.82) is 0 Å². The fourth-order valence-electron chi connectivity index (χ4n) is 5.78. The van der Waals surface area contributed by atoms with Crippen molar-refractivity contribution in [3.63, 3.8) is 0 Å². The van der Waals surface area contributed by atoms with Gasteiger partial charge in [-0.3, -0.25) is 14.9 Å². The number of nitrogens with one attached hydrogen (secondary N) is 3. The van der Waals surface area contributed by atoms with Crippen LogP contribution < -0.4 is 10.6 Å². The molecular formula is C29H33FN12O2. The summed E-state index contributed by atoms with van der Waals surface area (Å²) in [5.74, 6) is 1.82. The molecule has 228 valence electrons. The normalized spacial score (nSPS) is 21.0. The van der Waals surface area contributed by atoms with Gasteiger partial charge in [0.1, 0.15) is 17.2 Å². The van der Waals surface area contributed by atoms with Crippen LogP contribution in [0.5, 0.6) is 0 Å². The first-order chi connectivity index (χ1) is 21.3. The Bertz CT molecular complexity index is 1800. The molecule has 0 bridgehead atoms. The molecule has 0 unspecified atom stereocenters. The Morgan fingerprint density at radius 3 is 2.57 bits per heavy atom. The molecule has 14 nitrogen and oxygen atoms in total. The number of nitrogens with zero attached hydrogens (tertiary/aromatic N) is 9. The lowest BCUT2D eigenvalue weighted by atomic mass is 9.77. The van der Waals surface area contributed by atoms with Gasteiger partial charge in [-0.1, -0.05) is 0 Å². The fraction of sp³-hybridized carbons (Fsp3) is 0.448. The van der Waals surface area contributed by atoms with E-state index in [0.717, 1.165) is 41.6 Å². The predicted octanol–water partition coefficient (Wildman–Crippen LogP) is 3.97. The molecule has 0 saturated heterocycles. The summed E-state index contributed by atoms with van der Waals surface area (Å²) in [7, 11) is 1.58. The summed E-state index contributed by atoms with van der Waals surface area (Å²) in [6.45, 7) is 3.78. The molecule has 15 heteroatoms. The summed E-state index contributed by atoms with van der Waals surface area (Å²) in [5.41, 5.74) is 1.33. The third-order valence-electron chi connectivity index (χ3n) is 8.51. The highest BCUT2D eigenvalue weighted by atomic mass is 19.1. The summed E-state index contributed by atoms with van der Waals surface area (Å²) in [6, 6.07) is 1.87. The van der Waals surface area contributed by atoms with Crippen molar-refractivity contribution in [2.24, 2.45) is 0 Å². The second-order valence-electron chi connectivity index (χ2n) is 11.6. The first kappa shape index (κ1) is 28.0. The highest BCUT2D eigenvalue weighted by Gasteiger charge is 2.43. The van der Waals surface area contributed by atoms with Crippen LogP contribution in [0.15, 0.2) is 37.1 Å². The van der Waals surface area contributed by atoms with Crippen molar-refractivity contribution in [2.45, 2.75) is 76.0 Å². The Kier molecular flexibility index (Phi) is 7.03. The van der Waals surface area contributed by atoms with E-state index in [1.165, 1.54) is 17.1 Å². The summed E-state index contributed by atoms with van der Waals surface area (Å²) in [5, 5.41) is 23.1. The van der Waals surface area contributed by atoms with Gasteiger partial charge in [-0.15, -0.1) is 0 Å². The zero-order valence-corrected chi connectivity index (χ0v) is 24.7. The molecule has 1 amide bonds. The van der Waals surface area contributed by atoms with Gasteiger partial charge in [0.05, 0.1) is 54.1 Å². The molecule has 2 aliphatic rings. The number of ether oxygens (including phenoxy) is 1. The van der Waals surface area contributed by atoms with Crippen LogP contribution in [-0.4, -0.2) is 68.3 Å². The second-order valence-corrected chi connectivity index (χ2v) is 11.6. The number of rotatable bonds is 9. The average molecular weight is 601 g/mol. The zero-order chi connectivity index (χ0) is 30.4. The van der Waals surface area contributed by atoms with Gasteiger partial charge >= 0.3 is 0 Å². The topological polar surface area (TPSA) is 166 Å². The lowest BCUT2D eigenvalue weighted by Crippen LogP contribution is -2.51. The van der Waals surface area contributed by atoms with Crippen molar-refractivity contribution in [3.8, 4) is 5.82 Å². The standard InChI is InChI=1S/C29H33FN12O2/c1-16-10-23(40-39-16)36-26-21-12-34-42(20-4-5-20)27(21)38-25(37-26)18-6-8-29(44-3,9-7-18)28(43)35-17(2)22-13-32-24(14-31-22)41-15-19(30)11-33-41/h10-15,17-18,20H,4-9H2,1-3H3,(H,35,43)(H2,36,37,38,39,40)/t17-,18-,29+/m0/s1. The molecular weight excluding hydrogens is 567 g/mol. The third kappa shape index (κ3) is 5.27. The summed E-state index contributed by atoms with van der Waals surface area (Å²) in [4.78, 5) is 32.3. The lowest BCUT2D eigenvalue weighted by Gasteiger charge is -2.38. The monoisotopic (exact) mass is 600 g/mol. The van der Waals surface area contributed by atoms with Crippen LogP contribution in [0.25, 0.3) is 16.9 Å². The van der Waals surface area contributed by atoms with Crippen LogP contribution in [-0.2, 0) is 9.53 Å². The van der Waals surface area contributed by atoms with Gasteiger partial charge in [0.2, 0.25) is 0 Å². The van der Waals surface area contributed by atoms with Gasteiger partial charge < -0.3 is 15.4 Å². The highest BCUT2D eigenvalue weighted by molar-refractivity contribution is 5.88. The van der Waals surface area contributed by atoms with Crippen LogP contribution in [0.3, 0.4) is 0 Å². The number of fused-ring (bicyclic) bond motifs is 1. The Balaban J connectivity index is 1.06. The van der Waals surface area contributed by atoms with Crippen molar-refractivity contribution in [1.82, 2.24) is 55.0 Å². The van der Waals surface area contributed by atoms with E-state index in [1.54, 1.807) is 13.3 Å². The van der Waals surface area contributed by atoms with Gasteiger partial charge in [0.15, 0.2) is 23.1 Å². The van der Waals surface area contributed by atoms with E-state index in [1.807, 2.05) is 30.8 Å². The Morgan fingerprint density at radius 1 is 1.11 bits per heavy atom. The zero-order valence-electron chi connectivity index (χ0n) is 24.7. The molecule has 0 aromatic carbocycles. The van der Waals surface area contributed by atoms with Gasteiger partial charge in [0.25, 0.3) is 5.91 Å². The number of hydrogen-bond acceptors (Lipinski definition) is 10. The van der Waals surface area contributed by atoms with Crippen LogP contribution in [0.4, 0.5) is 16.0 Å². The van der Waals surface area contributed by atoms with E-state index in [9.17, 15) is 9.18 Å². The number of carbonyl (C=O) groups is 1. The molecule has 0 spiro atoms. The number of anilines is 2. The Hall–Kier alpha value is -4.79. The van der Waals surface area contributed by atoms with Gasteiger partial charge in [0, 0.05) is 24.8 Å². The number of hydrogen-bond donors (Lipinski definition) is 3. The van der Waals surface area contributed by atoms with Crippen LogP contribution in [0, 0.1) is 12.7 Å². The molecule has 5 aromatic heterocycles.